The zero-order chi connectivity index (χ0) is 17.5. The van der Waals surface area contributed by atoms with E-state index in [0.29, 0.717) is 25.5 Å². The number of hydrogen-bond donors (Lipinski definition) is 1. The molecule has 0 spiro atoms. The summed E-state index contributed by atoms with van der Waals surface area (Å²) in [6.07, 6.45) is 0.813. The van der Waals surface area contributed by atoms with Gasteiger partial charge in [-0.2, -0.15) is 0 Å². The number of nitrogens with two attached hydrogens (primary N) is 1. The molecule has 0 fully saturated rings. The van der Waals surface area contributed by atoms with Gasteiger partial charge in [-0.15, -0.1) is 0 Å². The van der Waals surface area contributed by atoms with Gasteiger partial charge >= 0.3 is 0 Å². The summed E-state index contributed by atoms with van der Waals surface area (Å²) in [6, 6.07) is 20.2. The van der Waals surface area contributed by atoms with Crippen LogP contribution in [0, 0.1) is 0 Å². The summed E-state index contributed by atoms with van der Waals surface area (Å²) in [7, 11) is 1.64. The number of rotatable bonds is 8. The third kappa shape index (κ3) is 4.43. The van der Waals surface area contributed by atoms with Crippen molar-refractivity contribution in [2.75, 3.05) is 26.9 Å². The van der Waals surface area contributed by atoms with Crippen LogP contribution in [0.15, 0.2) is 60.7 Å². The van der Waals surface area contributed by atoms with Crippen molar-refractivity contribution in [2.45, 2.75) is 6.42 Å². The van der Waals surface area contributed by atoms with E-state index in [-0.39, 0.29) is 0 Å². The summed E-state index contributed by atoms with van der Waals surface area (Å²) in [4.78, 5) is 0. The minimum atomic E-state index is 0.440. The predicted octanol–water partition coefficient (Wildman–Crippen LogP) is 3.81. The van der Waals surface area contributed by atoms with Crippen molar-refractivity contribution in [1.82, 2.24) is 0 Å². The second kappa shape index (κ2) is 8.40. The fraction of sp³-hybridized carbons (Fsp3) is 0.238. The molecule has 3 aromatic carbocycles. The largest absolute Gasteiger partial charge is 0.493 e. The molecule has 3 rings (SSSR count). The van der Waals surface area contributed by atoms with Gasteiger partial charge in [0.15, 0.2) is 11.5 Å². The van der Waals surface area contributed by atoms with Gasteiger partial charge in [-0.05, 0) is 53.6 Å². The summed E-state index contributed by atoms with van der Waals surface area (Å²) in [6.45, 7) is 1.51. The lowest BCUT2D eigenvalue weighted by atomic mass is 10.1. The van der Waals surface area contributed by atoms with Crippen LogP contribution >= 0.6 is 0 Å². The van der Waals surface area contributed by atoms with Crippen LogP contribution in [0.25, 0.3) is 10.8 Å². The molecule has 0 radical (unpaired) electrons. The molecule has 2 N–H and O–H groups in total. The summed E-state index contributed by atoms with van der Waals surface area (Å²) < 4.78 is 17.0. The maximum Gasteiger partial charge on any atom is 0.161 e. The Hall–Kier alpha value is -2.72. The van der Waals surface area contributed by atoms with E-state index in [2.05, 4.69) is 18.2 Å². The molecule has 0 heterocycles. The van der Waals surface area contributed by atoms with E-state index in [9.17, 15) is 0 Å². The van der Waals surface area contributed by atoms with E-state index in [0.717, 1.165) is 28.9 Å². The SMILES string of the molecule is COc1ccc(CCN)cc1OCCOc1ccc2ccccc2c1. The molecule has 3 aromatic rings. The van der Waals surface area contributed by atoms with Crippen LogP contribution in [-0.4, -0.2) is 26.9 Å². The maximum atomic E-state index is 5.83. The van der Waals surface area contributed by atoms with Crippen molar-refractivity contribution < 1.29 is 14.2 Å². The molecule has 4 heteroatoms. The van der Waals surface area contributed by atoms with E-state index < -0.39 is 0 Å². The van der Waals surface area contributed by atoms with Crippen LogP contribution in [-0.2, 0) is 6.42 Å². The van der Waals surface area contributed by atoms with Crippen molar-refractivity contribution >= 4 is 10.8 Å². The van der Waals surface area contributed by atoms with Crippen LogP contribution in [0.2, 0.25) is 0 Å². The highest BCUT2D eigenvalue weighted by atomic mass is 16.5. The van der Waals surface area contributed by atoms with Gasteiger partial charge in [-0.1, -0.05) is 36.4 Å². The molecule has 130 valence electrons. The smallest absolute Gasteiger partial charge is 0.161 e. The van der Waals surface area contributed by atoms with Crippen LogP contribution in [0.1, 0.15) is 5.56 Å². The fourth-order valence-corrected chi connectivity index (χ4v) is 2.72. The van der Waals surface area contributed by atoms with E-state index >= 15 is 0 Å². The zero-order valence-corrected chi connectivity index (χ0v) is 14.4. The number of benzene rings is 3. The van der Waals surface area contributed by atoms with Gasteiger partial charge in [-0.25, -0.2) is 0 Å². The Labute approximate surface area is 148 Å². The van der Waals surface area contributed by atoms with Gasteiger partial charge in [0.1, 0.15) is 19.0 Å². The van der Waals surface area contributed by atoms with Crippen molar-refractivity contribution in [1.29, 1.82) is 0 Å². The molecule has 0 saturated carbocycles. The Kier molecular flexibility index (Phi) is 5.75. The summed E-state index contributed by atoms with van der Waals surface area (Å²) in [5, 5.41) is 2.37. The highest BCUT2D eigenvalue weighted by Crippen LogP contribution is 2.28. The molecule has 0 aliphatic rings. The first-order valence-electron chi connectivity index (χ1n) is 8.41. The molecule has 4 nitrogen and oxygen atoms in total. The molecular weight excluding hydrogens is 314 g/mol. The molecule has 0 unspecified atom stereocenters. The number of fused-ring (bicyclic) bond motifs is 1. The Balaban J connectivity index is 1.57. The van der Waals surface area contributed by atoms with Gasteiger partial charge in [0.2, 0.25) is 0 Å². The Morgan fingerprint density at radius 2 is 1.60 bits per heavy atom. The first kappa shape index (κ1) is 17.1. The van der Waals surface area contributed by atoms with E-state index in [1.165, 1.54) is 5.39 Å². The van der Waals surface area contributed by atoms with Crippen LogP contribution in [0.5, 0.6) is 17.2 Å². The Morgan fingerprint density at radius 1 is 0.800 bits per heavy atom. The van der Waals surface area contributed by atoms with Crippen molar-refractivity contribution in [3.63, 3.8) is 0 Å². The molecular formula is C21H23NO3. The van der Waals surface area contributed by atoms with Crippen LogP contribution in [0.4, 0.5) is 0 Å². The van der Waals surface area contributed by atoms with Crippen molar-refractivity contribution in [3.8, 4) is 17.2 Å². The first-order chi connectivity index (χ1) is 12.3. The highest BCUT2D eigenvalue weighted by molar-refractivity contribution is 5.83. The average Bonchev–Trinajstić information content (AvgIpc) is 2.65. The molecule has 25 heavy (non-hydrogen) atoms. The zero-order valence-electron chi connectivity index (χ0n) is 14.4. The van der Waals surface area contributed by atoms with E-state index in [4.69, 9.17) is 19.9 Å². The third-order valence-corrected chi connectivity index (χ3v) is 3.99. The number of hydrogen-bond acceptors (Lipinski definition) is 4. The number of methoxy groups -OCH3 is 1. The second-order valence-corrected chi connectivity index (χ2v) is 5.73. The monoisotopic (exact) mass is 337 g/mol. The standard InChI is InChI=1S/C21H23NO3/c1-23-20-9-6-16(10-11-22)14-21(20)25-13-12-24-19-8-7-17-4-2-3-5-18(17)15-19/h2-9,14-15H,10-13,22H2,1H3. The molecule has 0 atom stereocenters. The number of ether oxygens (including phenoxy) is 3. The summed E-state index contributed by atoms with van der Waals surface area (Å²) in [5.41, 5.74) is 6.75. The molecule has 0 bridgehead atoms. The molecule has 0 aliphatic heterocycles. The maximum absolute atomic E-state index is 5.83. The first-order valence-corrected chi connectivity index (χ1v) is 8.41. The molecule has 0 saturated heterocycles. The summed E-state index contributed by atoms with van der Waals surface area (Å²) >= 11 is 0. The van der Waals surface area contributed by atoms with Crippen molar-refractivity contribution in [3.05, 3.63) is 66.2 Å². The minimum absolute atomic E-state index is 0.440. The topological polar surface area (TPSA) is 53.7 Å². The van der Waals surface area contributed by atoms with Gasteiger partial charge in [-0.3, -0.25) is 0 Å². The molecule has 0 aliphatic carbocycles. The lowest BCUT2D eigenvalue weighted by Gasteiger charge is -2.13. The van der Waals surface area contributed by atoms with Gasteiger partial charge in [0.25, 0.3) is 0 Å². The van der Waals surface area contributed by atoms with Gasteiger partial charge < -0.3 is 19.9 Å². The van der Waals surface area contributed by atoms with Gasteiger partial charge in [0, 0.05) is 0 Å². The quantitative estimate of drug-likeness (QED) is 0.635. The summed E-state index contributed by atoms with van der Waals surface area (Å²) in [5.74, 6) is 2.27. The predicted molar refractivity (Wildman–Crippen MR) is 101 cm³/mol. The minimum Gasteiger partial charge on any atom is -0.493 e. The third-order valence-electron chi connectivity index (χ3n) is 3.99. The highest BCUT2D eigenvalue weighted by Gasteiger charge is 2.06. The Morgan fingerprint density at radius 3 is 2.40 bits per heavy atom. The molecule has 0 aromatic heterocycles. The van der Waals surface area contributed by atoms with E-state index in [1.807, 2.05) is 42.5 Å². The lowest BCUT2D eigenvalue weighted by molar-refractivity contribution is 0.211. The van der Waals surface area contributed by atoms with E-state index in [1.54, 1.807) is 7.11 Å². The van der Waals surface area contributed by atoms with Crippen LogP contribution < -0.4 is 19.9 Å². The van der Waals surface area contributed by atoms with Gasteiger partial charge in [0.05, 0.1) is 7.11 Å². The molecule has 0 amide bonds. The van der Waals surface area contributed by atoms with Crippen molar-refractivity contribution in [2.24, 2.45) is 5.73 Å². The lowest BCUT2D eigenvalue weighted by Crippen LogP contribution is -2.10. The second-order valence-electron chi connectivity index (χ2n) is 5.73. The van der Waals surface area contributed by atoms with Crippen LogP contribution in [0.3, 0.4) is 0 Å². The Bertz CT molecular complexity index is 832. The normalized spacial score (nSPS) is 10.6. The fourth-order valence-electron chi connectivity index (χ4n) is 2.72. The average molecular weight is 337 g/mol.